The Hall–Kier alpha value is -2.10. The summed E-state index contributed by atoms with van der Waals surface area (Å²) in [5.41, 5.74) is 1.03. The zero-order valence-corrected chi connectivity index (χ0v) is 11.9. The van der Waals surface area contributed by atoms with Crippen molar-refractivity contribution in [2.45, 2.75) is 19.9 Å². The Morgan fingerprint density at radius 3 is 2.37 bits per heavy atom. The molecule has 1 aromatic heterocycles. The molecule has 0 amide bonds. The van der Waals surface area contributed by atoms with Crippen LogP contribution >= 0.6 is 0 Å². The van der Waals surface area contributed by atoms with Crippen LogP contribution in [0, 0.1) is 0 Å². The summed E-state index contributed by atoms with van der Waals surface area (Å²) < 4.78 is 0. The van der Waals surface area contributed by atoms with Crippen LogP contribution in [0.1, 0.15) is 13.8 Å². The second-order valence-electron chi connectivity index (χ2n) is 4.76. The molecule has 100 valence electrons. The molecule has 1 heterocycles. The maximum Gasteiger partial charge on any atom is 0.163 e. The average Bonchev–Trinajstić information content (AvgIpc) is 2.46. The number of benzene rings is 1. The van der Waals surface area contributed by atoms with Crippen LogP contribution in [-0.4, -0.2) is 30.1 Å². The molecule has 4 heteroatoms. The van der Waals surface area contributed by atoms with Gasteiger partial charge in [0.25, 0.3) is 0 Å². The minimum Gasteiger partial charge on any atom is -0.373 e. The number of hydrogen-bond donors (Lipinski definition) is 1. The predicted molar refractivity (Wildman–Crippen MR) is 80.6 cm³/mol. The Morgan fingerprint density at radius 2 is 1.79 bits per heavy atom. The first kappa shape index (κ1) is 13.3. The molecule has 0 radical (unpaired) electrons. The Kier molecular flexibility index (Phi) is 4.00. The monoisotopic (exact) mass is 256 g/mol. The van der Waals surface area contributed by atoms with Gasteiger partial charge in [0.15, 0.2) is 5.82 Å². The van der Waals surface area contributed by atoms with Crippen molar-refractivity contribution in [3.05, 3.63) is 36.4 Å². The summed E-state index contributed by atoms with van der Waals surface area (Å²) in [4.78, 5) is 11.3. The van der Waals surface area contributed by atoms with E-state index in [9.17, 15) is 0 Å². The molecule has 0 saturated carbocycles. The molecule has 1 aromatic carbocycles. The average molecular weight is 256 g/mol. The largest absolute Gasteiger partial charge is 0.373 e. The molecular formula is C15H20N4. The maximum atomic E-state index is 4.65. The van der Waals surface area contributed by atoms with Gasteiger partial charge >= 0.3 is 0 Å². The molecule has 0 aliphatic rings. The van der Waals surface area contributed by atoms with Crippen LogP contribution in [0.5, 0.6) is 0 Å². The number of hydrogen-bond acceptors (Lipinski definition) is 4. The van der Waals surface area contributed by atoms with E-state index in [0.29, 0.717) is 6.04 Å². The van der Waals surface area contributed by atoms with Crippen LogP contribution in [0.25, 0.3) is 11.4 Å². The molecule has 0 spiro atoms. The fourth-order valence-electron chi connectivity index (χ4n) is 1.72. The quantitative estimate of drug-likeness (QED) is 0.913. The van der Waals surface area contributed by atoms with Crippen LogP contribution in [0.3, 0.4) is 0 Å². The van der Waals surface area contributed by atoms with Crippen molar-refractivity contribution in [2.24, 2.45) is 0 Å². The van der Waals surface area contributed by atoms with E-state index in [1.165, 1.54) is 0 Å². The highest BCUT2D eigenvalue weighted by Crippen LogP contribution is 2.22. The van der Waals surface area contributed by atoms with Crippen molar-refractivity contribution in [3.63, 3.8) is 0 Å². The van der Waals surface area contributed by atoms with Crippen molar-refractivity contribution >= 4 is 11.6 Å². The van der Waals surface area contributed by atoms with Gasteiger partial charge in [0, 0.05) is 31.8 Å². The summed E-state index contributed by atoms with van der Waals surface area (Å²) in [6.45, 7) is 4.28. The second-order valence-corrected chi connectivity index (χ2v) is 4.76. The van der Waals surface area contributed by atoms with Gasteiger partial charge in [-0.25, -0.2) is 9.97 Å². The third-order valence-electron chi connectivity index (χ3n) is 3.14. The number of nitrogens with zero attached hydrogens (tertiary/aromatic N) is 3. The van der Waals surface area contributed by atoms with Crippen LogP contribution in [0.2, 0.25) is 0 Å². The molecule has 2 rings (SSSR count). The van der Waals surface area contributed by atoms with Gasteiger partial charge in [0.05, 0.1) is 0 Å². The first-order valence-corrected chi connectivity index (χ1v) is 6.47. The minimum atomic E-state index is 0.392. The lowest BCUT2D eigenvalue weighted by atomic mass is 10.2. The Labute approximate surface area is 114 Å². The number of aromatic nitrogens is 2. The van der Waals surface area contributed by atoms with Crippen LogP contribution in [0.15, 0.2) is 36.4 Å². The molecule has 0 saturated heterocycles. The van der Waals surface area contributed by atoms with Gasteiger partial charge in [-0.15, -0.1) is 0 Å². The maximum absolute atomic E-state index is 4.65. The van der Waals surface area contributed by atoms with Crippen molar-refractivity contribution in [3.8, 4) is 11.4 Å². The SMILES string of the molecule is CNc1cc(N(C)C(C)C)nc(-c2ccccc2)n1. The zero-order chi connectivity index (χ0) is 13.8. The number of rotatable bonds is 4. The van der Waals surface area contributed by atoms with Gasteiger partial charge in [-0.3, -0.25) is 0 Å². The van der Waals surface area contributed by atoms with E-state index in [1.54, 1.807) is 0 Å². The highest BCUT2D eigenvalue weighted by atomic mass is 15.2. The Balaban J connectivity index is 2.48. The summed E-state index contributed by atoms with van der Waals surface area (Å²) in [5.74, 6) is 2.50. The van der Waals surface area contributed by atoms with E-state index >= 15 is 0 Å². The highest BCUT2D eigenvalue weighted by molar-refractivity contribution is 5.61. The molecule has 0 fully saturated rings. The first-order chi connectivity index (χ1) is 9.11. The van der Waals surface area contributed by atoms with Crippen molar-refractivity contribution in [1.82, 2.24) is 9.97 Å². The molecule has 0 atom stereocenters. The lowest BCUT2D eigenvalue weighted by molar-refractivity contribution is 0.742. The molecule has 4 nitrogen and oxygen atoms in total. The van der Waals surface area contributed by atoms with E-state index in [0.717, 1.165) is 23.0 Å². The summed E-state index contributed by atoms with van der Waals surface area (Å²) in [6.07, 6.45) is 0. The van der Waals surface area contributed by atoms with Gasteiger partial charge < -0.3 is 10.2 Å². The number of nitrogens with one attached hydrogen (secondary N) is 1. The van der Waals surface area contributed by atoms with Crippen molar-refractivity contribution < 1.29 is 0 Å². The normalized spacial score (nSPS) is 10.6. The topological polar surface area (TPSA) is 41.0 Å². The number of anilines is 2. The molecule has 0 bridgehead atoms. The van der Waals surface area contributed by atoms with Crippen molar-refractivity contribution in [2.75, 3.05) is 24.3 Å². The molecular weight excluding hydrogens is 236 g/mol. The van der Waals surface area contributed by atoms with E-state index in [2.05, 4.69) is 34.0 Å². The smallest absolute Gasteiger partial charge is 0.163 e. The molecule has 19 heavy (non-hydrogen) atoms. The van der Waals surface area contributed by atoms with Gasteiger partial charge in [0.1, 0.15) is 11.6 Å². The summed E-state index contributed by atoms with van der Waals surface area (Å²) in [5, 5.41) is 3.09. The van der Waals surface area contributed by atoms with E-state index in [1.807, 2.05) is 50.5 Å². The lowest BCUT2D eigenvalue weighted by Crippen LogP contribution is -2.26. The molecule has 0 unspecified atom stereocenters. The van der Waals surface area contributed by atoms with Gasteiger partial charge in [0.2, 0.25) is 0 Å². The Bertz CT molecular complexity index is 537. The molecule has 1 N–H and O–H groups in total. The molecule has 0 aliphatic carbocycles. The van der Waals surface area contributed by atoms with Crippen LogP contribution < -0.4 is 10.2 Å². The second kappa shape index (κ2) is 5.69. The van der Waals surface area contributed by atoms with E-state index < -0.39 is 0 Å². The van der Waals surface area contributed by atoms with E-state index in [4.69, 9.17) is 0 Å². The van der Waals surface area contributed by atoms with Crippen molar-refractivity contribution in [1.29, 1.82) is 0 Å². The highest BCUT2D eigenvalue weighted by Gasteiger charge is 2.11. The zero-order valence-electron chi connectivity index (χ0n) is 11.9. The fourth-order valence-corrected chi connectivity index (χ4v) is 1.72. The molecule has 0 aliphatic heterocycles. The third kappa shape index (κ3) is 3.02. The first-order valence-electron chi connectivity index (χ1n) is 6.47. The molecule has 2 aromatic rings. The minimum absolute atomic E-state index is 0.392. The van der Waals surface area contributed by atoms with Gasteiger partial charge in [-0.1, -0.05) is 30.3 Å². The Morgan fingerprint density at radius 1 is 1.11 bits per heavy atom. The van der Waals surface area contributed by atoms with Gasteiger partial charge in [-0.05, 0) is 13.8 Å². The summed E-state index contributed by atoms with van der Waals surface area (Å²) in [6, 6.07) is 12.4. The fraction of sp³-hybridized carbons (Fsp3) is 0.333. The van der Waals surface area contributed by atoms with Crippen LogP contribution in [0.4, 0.5) is 11.6 Å². The summed E-state index contributed by atoms with van der Waals surface area (Å²) >= 11 is 0. The third-order valence-corrected chi connectivity index (χ3v) is 3.14. The standard InChI is InChI=1S/C15H20N4/c1-11(2)19(4)14-10-13(16-3)17-15(18-14)12-8-6-5-7-9-12/h5-11H,1-4H3,(H,16,17,18). The lowest BCUT2D eigenvalue weighted by Gasteiger charge is -2.23. The van der Waals surface area contributed by atoms with Gasteiger partial charge in [-0.2, -0.15) is 0 Å². The predicted octanol–water partition coefficient (Wildman–Crippen LogP) is 3.03. The summed E-state index contributed by atoms with van der Waals surface area (Å²) in [7, 11) is 3.91. The van der Waals surface area contributed by atoms with E-state index in [-0.39, 0.29) is 0 Å². The van der Waals surface area contributed by atoms with Crippen LogP contribution in [-0.2, 0) is 0 Å².